The molecule has 1 aliphatic rings. The monoisotopic (exact) mass is 286 g/mol. The molecule has 0 amide bonds. The van der Waals surface area contributed by atoms with E-state index in [1.165, 1.54) is 19.4 Å². The second-order valence-corrected chi connectivity index (χ2v) is 6.08. The van der Waals surface area contributed by atoms with Gasteiger partial charge >= 0.3 is 0 Å². The highest BCUT2D eigenvalue weighted by atomic mass is 16.5. The molecule has 0 saturated carbocycles. The Morgan fingerprint density at radius 2 is 2.20 bits per heavy atom. The fraction of sp³-hybridized carbons (Fsp3) is 1.00. The van der Waals surface area contributed by atoms with E-state index >= 15 is 0 Å². The molecule has 0 aromatic carbocycles. The summed E-state index contributed by atoms with van der Waals surface area (Å²) in [7, 11) is 1.95. The topological polar surface area (TPSA) is 44.7 Å². The molecule has 1 aliphatic heterocycles. The first-order valence-corrected chi connectivity index (χ1v) is 8.33. The van der Waals surface area contributed by atoms with Gasteiger partial charge in [-0.05, 0) is 58.7 Å². The third kappa shape index (κ3) is 5.68. The Balaban J connectivity index is 2.27. The lowest BCUT2D eigenvalue weighted by Gasteiger charge is -2.35. The van der Waals surface area contributed by atoms with Crippen LogP contribution >= 0.6 is 0 Å². The number of likely N-dealkylation sites (N-methyl/N-ethyl adjacent to an activating group) is 1. The quantitative estimate of drug-likeness (QED) is 0.645. The molecule has 2 N–H and O–H groups in total. The van der Waals surface area contributed by atoms with Gasteiger partial charge in [0.2, 0.25) is 0 Å². The zero-order valence-corrected chi connectivity index (χ0v) is 13.7. The molecule has 1 heterocycles. The van der Waals surface area contributed by atoms with Crippen molar-refractivity contribution in [2.24, 2.45) is 0 Å². The number of hydrogen-bond donors (Lipinski definition) is 2. The van der Waals surface area contributed by atoms with Crippen molar-refractivity contribution in [3.05, 3.63) is 0 Å². The molecule has 0 aliphatic carbocycles. The summed E-state index contributed by atoms with van der Waals surface area (Å²) in [5, 5.41) is 12.9. The molecule has 1 saturated heterocycles. The van der Waals surface area contributed by atoms with Crippen molar-refractivity contribution in [2.75, 3.05) is 39.9 Å². The molecule has 20 heavy (non-hydrogen) atoms. The van der Waals surface area contributed by atoms with Crippen molar-refractivity contribution in [1.29, 1.82) is 0 Å². The zero-order chi connectivity index (χ0) is 14.8. The molecule has 4 nitrogen and oxygen atoms in total. The molecule has 0 spiro atoms. The van der Waals surface area contributed by atoms with Crippen LogP contribution in [0, 0.1) is 0 Å². The fourth-order valence-electron chi connectivity index (χ4n) is 3.03. The maximum atomic E-state index is 9.56. The van der Waals surface area contributed by atoms with Gasteiger partial charge in [0.25, 0.3) is 0 Å². The standard InChI is InChI=1S/C16H34N2O2/c1-4-12-20-15-8-6-10-18(13-15)11-7-9-16(5-2,14-19)17-3/h15,17,19H,4-14H2,1-3H3. The predicted molar refractivity (Wildman–Crippen MR) is 84.1 cm³/mol. The van der Waals surface area contributed by atoms with E-state index in [0.29, 0.717) is 6.10 Å². The number of aliphatic hydroxyl groups is 1. The molecule has 1 fully saturated rings. The van der Waals surface area contributed by atoms with Gasteiger partial charge in [-0.25, -0.2) is 0 Å². The third-order valence-corrected chi connectivity index (χ3v) is 4.66. The summed E-state index contributed by atoms with van der Waals surface area (Å²) >= 11 is 0. The van der Waals surface area contributed by atoms with Gasteiger partial charge in [0, 0.05) is 18.7 Å². The summed E-state index contributed by atoms with van der Waals surface area (Å²) in [6.45, 7) is 8.82. The van der Waals surface area contributed by atoms with Gasteiger partial charge in [0.1, 0.15) is 0 Å². The van der Waals surface area contributed by atoms with Crippen molar-refractivity contribution < 1.29 is 9.84 Å². The molecule has 0 aromatic rings. The summed E-state index contributed by atoms with van der Waals surface area (Å²) < 4.78 is 5.88. The van der Waals surface area contributed by atoms with Crippen LogP contribution in [0.1, 0.15) is 52.4 Å². The summed E-state index contributed by atoms with van der Waals surface area (Å²) in [4.78, 5) is 2.53. The Bertz CT molecular complexity index is 236. The van der Waals surface area contributed by atoms with Crippen molar-refractivity contribution >= 4 is 0 Å². The third-order valence-electron chi connectivity index (χ3n) is 4.66. The minimum absolute atomic E-state index is 0.0894. The second-order valence-electron chi connectivity index (χ2n) is 6.08. The average molecular weight is 286 g/mol. The first-order chi connectivity index (χ1) is 9.69. The maximum absolute atomic E-state index is 9.56. The highest BCUT2D eigenvalue weighted by molar-refractivity contribution is 4.85. The molecule has 1 rings (SSSR count). The van der Waals surface area contributed by atoms with Crippen molar-refractivity contribution in [3.8, 4) is 0 Å². The zero-order valence-electron chi connectivity index (χ0n) is 13.7. The summed E-state index contributed by atoms with van der Waals surface area (Å²) in [6.07, 6.45) is 7.14. The Hall–Kier alpha value is -0.160. The summed E-state index contributed by atoms with van der Waals surface area (Å²) in [5.74, 6) is 0. The smallest absolute Gasteiger partial charge is 0.0702 e. The number of aliphatic hydroxyl groups excluding tert-OH is 1. The van der Waals surface area contributed by atoms with Crippen LogP contribution < -0.4 is 5.32 Å². The highest BCUT2D eigenvalue weighted by Gasteiger charge is 2.25. The van der Waals surface area contributed by atoms with Gasteiger partial charge in [0.05, 0.1) is 12.7 Å². The second kappa shape index (κ2) is 9.72. The highest BCUT2D eigenvalue weighted by Crippen LogP contribution is 2.19. The van der Waals surface area contributed by atoms with E-state index < -0.39 is 0 Å². The van der Waals surface area contributed by atoms with Crippen LogP contribution in [-0.2, 0) is 4.74 Å². The van der Waals surface area contributed by atoms with Crippen molar-refractivity contribution in [1.82, 2.24) is 10.2 Å². The molecular formula is C16H34N2O2. The Kier molecular flexibility index (Phi) is 8.69. The van der Waals surface area contributed by atoms with Gasteiger partial charge in [-0.2, -0.15) is 0 Å². The molecule has 2 unspecified atom stereocenters. The lowest BCUT2D eigenvalue weighted by Crippen LogP contribution is -2.47. The van der Waals surface area contributed by atoms with Crippen LogP contribution in [-0.4, -0.2) is 61.5 Å². The number of piperidine rings is 1. The Labute approximate surface area is 124 Å². The number of likely N-dealkylation sites (tertiary alicyclic amines) is 1. The van der Waals surface area contributed by atoms with E-state index in [0.717, 1.165) is 45.4 Å². The lowest BCUT2D eigenvalue weighted by molar-refractivity contribution is -0.00112. The van der Waals surface area contributed by atoms with Crippen LogP contribution in [0.3, 0.4) is 0 Å². The molecular weight excluding hydrogens is 252 g/mol. The van der Waals surface area contributed by atoms with E-state index in [1.54, 1.807) is 0 Å². The molecule has 0 bridgehead atoms. The first-order valence-electron chi connectivity index (χ1n) is 8.33. The molecule has 0 aromatic heterocycles. The Morgan fingerprint density at radius 3 is 2.80 bits per heavy atom. The van der Waals surface area contributed by atoms with Gasteiger partial charge in [0.15, 0.2) is 0 Å². The number of ether oxygens (including phenoxy) is 1. The van der Waals surface area contributed by atoms with Crippen LogP contribution in [0.5, 0.6) is 0 Å². The van der Waals surface area contributed by atoms with E-state index in [-0.39, 0.29) is 12.1 Å². The Morgan fingerprint density at radius 1 is 1.40 bits per heavy atom. The number of rotatable bonds is 10. The van der Waals surface area contributed by atoms with Crippen LogP contribution in [0.25, 0.3) is 0 Å². The minimum atomic E-state index is -0.0894. The number of hydrogen-bond acceptors (Lipinski definition) is 4. The normalized spacial score (nSPS) is 23.7. The maximum Gasteiger partial charge on any atom is 0.0702 e. The largest absolute Gasteiger partial charge is 0.394 e. The summed E-state index contributed by atoms with van der Waals surface area (Å²) in [5.41, 5.74) is -0.0894. The van der Waals surface area contributed by atoms with Crippen molar-refractivity contribution in [2.45, 2.75) is 64.0 Å². The fourth-order valence-corrected chi connectivity index (χ4v) is 3.03. The summed E-state index contributed by atoms with van der Waals surface area (Å²) in [6, 6.07) is 0. The van der Waals surface area contributed by atoms with E-state index in [9.17, 15) is 5.11 Å². The van der Waals surface area contributed by atoms with Gasteiger partial charge in [-0.15, -0.1) is 0 Å². The van der Waals surface area contributed by atoms with Gasteiger partial charge in [-0.1, -0.05) is 13.8 Å². The van der Waals surface area contributed by atoms with Crippen LogP contribution in [0.2, 0.25) is 0 Å². The molecule has 120 valence electrons. The lowest BCUT2D eigenvalue weighted by atomic mass is 9.91. The predicted octanol–water partition coefficient (Wildman–Crippen LogP) is 2.02. The van der Waals surface area contributed by atoms with Crippen LogP contribution in [0.4, 0.5) is 0 Å². The van der Waals surface area contributed by atoms with Gasteiger partial charge < -0.3 is 20.1 Å². The van der Waals surface area contributed by atoms with E-state index in [2.05, 4.69) is 24.1 Å². The SMILES string of the molecule is CCCOC1CCCN(CCCC(CC)(CO)NC)C1. The van der Waals surface area contributed by atoms with Crippen molar-refractivity contribution in [3.63, 3.8) is 0 Å². The number of nitrogens with one attached hydrogen (secondary N) is 1. The molecule has 0 radical (unpaired) electrons. The first kappa shape index (κ1) is 17.9. The van der Waals surface area contributed by atoms with E-state index in [1.807, 2.05) is 7.05 Å². The minimum Gasteiger partial charge on any atom is -0.394 e. The van der Waals surface area contributed by atoms with Gasteiger partial charge in [-0.3, -0.25) is 0 Å². The molecule has 2 atom stereocenters. The van der Waals surface area contributed by atoms with Crippen LogP contribution in [0.15, 0.2) is 0 Å². The molecule has 4 heteroatoms. The van der Waals surface area contributed by atoms with E-state index in [4.69, 9.17) is 4.74 Å². The average Bonchev–Trinajstić information content (AvgIpc) is 2.50. The number of nitrogens with zero attached hydrogens (tertiary/aromatic N) is 1.